The van der Waals surface area contributed by atoms with Crippen LogP contribution in [0.5, 0.6) is 5.75 Å². The average molecular weight is 297 g/mol. The fraction of sp³-hybridized carbons (Fsp3) is 0.333. The summed E-state index contributed by atoms with van der Waals surface area (Å²) in [4.78, 5) is 1.89. The Bertz CT molecular complexity index is 490. The lowest BCUT2D eigenvalue weighted by molar-refractivity contribution is -0.268. The molecule has 0 heterocycles. The van der Waals surface area contributed by atoms with Gasteiger partial charge in [0.25, 0.3) is 0 Å². The van der Waals surface area contributed by atoms with E-state index in [9.17, 15) is 5.11 Å². The van der Waals surface area contributed by atoms with Gasteiger partial charge in [-0.05, 0) is 43.8 Å². The van der Waals surface area contributed by atoms with Gasteiger partial charge in [0.1, 0.15) is 0 Å². The summed E-state index contributed by atoms with van der Waals surface area (Å²) in [5.74, 6) is -0.282. The number of hydrogen-bond donors (Lipinski definition) is 3. The lowest BCUT2D eigenvalue weighted by Crippen LogP contribution is -2.37. The summed E-state index contributed by atoms with van der Waals surface area (Å²) in [6.07, 6.45) is 1.28. The molecule has 1 rings (SSSR count). The maximum Gasteiger partial charge on any atom is 0.189 e. The molecule has 0 bridgehead atoms. The van der Waals surface area contributed by atoms with Crippen molar-refractivity contribution in [2.75, 3.05) is 18.3 Å². The maximum atomic E-state index is 11.6. The third kappa shape index (κ3) is 4.34. The number of hydrogen-bond acceptors (Lipinski definition) is 6. The molecule has 0 fully saturated rings. The predicted molar refractivity (Wildman–Crippen MR) is 78.2 cm³/mol. The second kappa shape index (κ2) is 7.63. The SMILES string of the molecule is CCN(CC)C(=S)N/N=C/c1cc(N(O)O)ccc1[O-]. The van der Waals surface area contributed by atoms with Crippen molar-refractivity contribution >= 4 is 29.2 Å². The monoisotopic (exact) mass is 297 g/mol. The average Bonchev–Trinajstić information content (AvgIpc) is 2.42. The first kappa shape index (κ1) is 16.2. The first-order valence-corrected chi connectivity index (χ1v) is 6.47. The summed E-state index contributed by atoms with van der Waals surface area (Å²) in [6, 6.07) is 3.81. The summed E-state index contributed by atoms with van der Waals surface area (Å²) in [5, 5.41) is 33.6. The normalized spacial score (nSPS) is 10.6. The van der Waals surface area contributed by atoms with Crippen molar-refractivity contribution in [3.8, 4) is 5.75 Å². The van der Waals surface area contributed by atoms with Crippen molar-refractivity contribution in [1.82, 2.24) is 10.3 Å². The fourth-order valence-electron chi connectivity index (χ4n) is 1.50. The summed E-state index contributed by atoms with van der Waals surface area (Å²) < 4.78 is 0. The van der Waals surface area contributed by atoms with Gasteiger partial charge in [0.05, 0.1) is 11.9 Å². The Hall–Kier alpha value is -1.90. The molecule has 0 aliphatic rings. The van der Waals surface area contributed by atoms with E-state index >= 15 is 0 Å². The Balaban J connectivity index is 2.75. The van der Waals surface area contributed by atoms with Crippen LogP contribution in [-0.4, -0.2) is 39.7 Å². The van der Waals surface area contributed by atoms with Gasteiger partial charge in [-0.3, -0.25) is 15.8 Å². The molecule has 3 N–H and O–H groups in total. The third-order valence-electron chi connectivity index (χ3n) is 2.64. The van der Waals surface area contributed by atoms with Gasteiger partial charge in [-0.2, -0.15) is 5.10 Å². The largest absolute Gasteiger partial charge is 0.872 e. The van der Waals surface area contributed by atoms with E-state index in [1.54, 1.807) is 0 Å². The highest BCUT2D eigenvalue weighted by atomic mass is 32.1. The van der Waals surface area contributed by atoms with Crippen LogP contribution in [-0.2, 0) is 0 Å². The zero-order chi connectivity index (χ0) is 15.1. The van der Waals surface area contributed by atoms with E-state index in [2.05, 4.69) is 10.5 Å². The quantitative estimate of drug-likeness (QED) is 0.422. The highest BCUT2D eigenvalue weighted by Crippen LogP contribution is 2.18. The standard InChI is InChI=1S/C12H18N4O3S/c1-3-15(4-2)12(20)14-13-8-9-7-10(16(18)19)5-6-11(9)17/h5-8,17-19H,3-4H2,1-2H3,(H,14,20)/p-1/b13-8+. The Morgan fingerprint density at radius 2 is 2.05 bits per heavy atom. The van der Waals surface area contributed by atoms with Crippen molar-refractivity contribution in [1.29, 1.82) is 0 Å². The van der Waals surface area contributed by atoms with Crippen molar-refractivity contribution in [2.24, 2.45) is 5.10 Å². The molecule has 0 saturated heterocycles. The summed E-state index contributed by atoms with van der Waals surface area (Å²) in [5.41, 5.74) is 2.94. The molecular formula is C12H17N4O3S-. The minimum absolute atomic E-state index is 0.0647. The first-order chi connectivity index (χ1) is 9.49. The van der Waals surface area contributed by atoms with Crippen LogP contribution in [0.3, 0.4) is 0 Å². The zero-order valence-electron chi connectivity index (χ0n) is 11.3. The van der Waals surface area contributed by atoms with Crippen LogP contribution in [0.25, 0.3) is 0 Å². The number of benzene rings is 1. The lowest BCUT2D eigenvalue weighted by Gasteiger charge is -2.20. The van der Waals surface area contributed by atoms with Gasteiger partial charge in [0.2, 0.25) is 0 Å². The van der Waals surface area contributed by atoms with Crippen LogP contribution in [0.2, 0.25) is 0 Å². The highest BCUT2D eigenvalue weighted by Gasteiger charge is 2.03. The predicted octanol–water partition coefficient (Wildman–Crippen LogP) is 0.895. The van der Waals surface area contributed by atoms with Gasteiger partial charge in [-0.25, -0.2) is 0 Å². The molecule has 0 spiro atoms. The molecule has 0 unspecified atom stereocenters. The van der Waals surface area contributed by atoms with E-state index in [4.69, 9.17) is 22.6 Å². The molecule has 8 heteroatoms. The number of thiocarbonyl (C=S) groups is 1. The van der Waals surface area contributed by atoms with E-state index in [0.717, 1.165) is 13.1 Å². The second-order valence-electron chi connectivity index (χ2n) is 3.86. The molecule has 0 aliphatic carbocycles. The van der Waals surface area contributed by atoms with Gasteiger partial charge < -0.3 is 10.0 Å². The highest BCUT2D eigenvalue weighted by molar-refractivity contribution is 7.80. The Morgan fingerprint density at radius 3 is 2.60 bits per heavy atom. The van der Waals surface area contributed by atoms with E-state index in [0.29, 0.717) is 5.11 Å². The van der Waals surface area contributed by atoms with E-state index in [1.807, 2.05) is 18.7 Å². The Kier molecular flexibility index (Phi) is 6.16. The first-order valence-electron chi connectivity index (χ1n) is 6.06. The molecule has 0 atom stereocenters. The van der Waals surface area contributed by atoms with Gasteiger partial charge in [-0.1, -0.05) is 11.8 Å². The van der Waals surface area contributed by atoms with Crippen LogP contribution in [0, 0.1) is 0 Å². The summed E-state index contributed by atoms with van der Waals surface area (Å²) >= 11 is 5.12. The molecule has 1 aromatic rings. The molecule has 110 valence electrons. The number of hydrazone groups is 1. The smallest absolute Gasteiger partial charge is 0.189 e. The Labute approximate surface area is 122 Å². The van der Waals surface area contributed by atoms with Gasteiger partial charge >= 0.3 is 0 Å². The van der Waals surface area contributed by atoms with Crippen molar-refractivity contribution in [3.63, 3.8) is 0 Å². The molecule has 7 nitrogen and oxygen atoms in total. The molecule has 20 heavy (non-hydrogen) atoms. The van der Waals surface area contributed by atoms with Crippen molar-refractivity contribution < 1.29 is 15.5 Å². The minimum atomic E-state index is -0.282. The van der Waals surface area contributed by atoms with Crippen LogP contribution < -0.4 is 15.8 Å². The second-order valence-corrected chi connectivity index (χ2v) is 4.25. The van der Waals surface area contributed by atoms with Crippen LogP contribution in [0.4, 0.5) is 5.69 Å². The molecule has 0 radical (unpaired) electrons. The number of nitrogens with zero attached hydrogens (tertiary/aromatic N) is 3. The molecule has 0 aliphatic heterocycles. The van der Waals surface area contributed by atoms with Gasteiger partial charge in [0.15, 0.2) is 5.11 Å². The van der Waals surface area contributed by atoms with Crippen molar-refractivity contribution in [2.45, 2.75) is 13.8 Å². The van der Waals surface area contributed by atoms with Crippen LogP contribution in [0.15, 0.2) is 23.3 Å². The van der Waals surface area contributed by atoms with E-state index in [-0.39, 0.29) is 22.2 Å². The molecule has 0 aromatic heterocycles. The minimum Gasteiger partial charge on any atom is -0.872 e. The Morgan fingerprint density at radius 1 is 1.40 bits per heavy atom. The van der Waals surface area contributed by atoms with Gasteiger partial charge in [0, 0.05) is 13.1 Å². The third-order valence-corrected chi connectivity index (χ3v) is 2.99. The van der Waals surface area contributed by atoms with Crippen LogP contribution >= 0.6 is 12.2 Å². The number of anilines is 1. The summed E-state index contributed by atoms with van der Waals surface area (Å²) in [6.45, 7) is 5.45. The fourth-order valence-corrected chi connectivity index (χ4v) is 1.81. The molecule has 0 saturated carbocycles. The maximum absolute atomic E-state index is 11.6. The van der Waals surface area contributed by atoms with E-state index in [1.165, 1.54) is 24.4 Å². The molecule has 0 amide bonds. The van der Waals surface area contributed by atoms with E-state index < -0.39 is 0 Å². The number of nitrogens with one attached hydrogen (secondary N) is 1. The lowest BCUT2D eigenvalue weighted by atomic mass is 10.2. The summed E-state index contributed by atoms with van der Waals surface area (Å²) in [7, 11) is 0. The van der Waals surface area contributed by atoms with Crippen molar-refractivity contribution in [3.05, 3.63) is 23.8 Å². The van der Waals surface area contributed by atoms with Gasteiger partial charge in [-0.15, -0.1) is 5.23 Å². The topological polar surface area (TPSA) is 94.4 Å². The zero-order valence-corrected chi connectivity index (χ0v) is 12.1. The molecular weight excluding hydrogens is 280 g/mol. The van der Waals surface area contributed by atoms with Crippen LogP contribution in [0.1, 0.15) is 19.4 Å². The molecule has 1 aromatic carbocycles. The number of rotatable bonds is 5.